The minimum absolute atomic E-state index is 0.0266. The fourth-order valence-electron chi connectivity index (χ4n) is 2.96. The number of rotatable bonds is 7. The van der Waals surface area contributed by atoms with Crippen LogP contribution in [0.1, 0.15) is 25.3 Å². The van der Waals surface area contributed by atoms with E-state index in [1.807, 2.05) is 17.9 Å². The quantitative estimate of drug-likeness (QED) is 0.791. The van der Waals surface area contributed by atoms with Crippen molar-refractivity contribution in [3.63, 3.8) is 0 Å². The van der Waals surface area contributed by atoms with Crippen molar-refractivity contribution >= 4 is 17.6 Å². The molecular formula is C18H27N3O3. The van der Waals surface area contributed by atoms with Gasteiger partial charge < -0.3 is 14.9 Å². The van der Waals surface area contributed by atoms with E-state index in [0.717, 1.165) is 19.5 Å². The molecule has 1 aliphatic heterocycles. The number of carboxylic acids is 1. The number of carbonyl (C=O) groups excluding carboxylic acids is 1. The SMILES string of the molecule is CCCC(NCC(=O)N1CCN(c2cccc(C)c2)CC1)C(=O)O. The Morgan fingerprint density at radius 2 is 1.96 bits per heavy atom. The van der Waals surface area contributed by atoms with Gasteiger partial charge in [0.25, 0.3) is 0 Å². The molecule has 1 fully saturated rings. The zero-order valence-electron chi connectivity index (χ0n) is 14.5. The molecule has 1 saturated heterocycles. The summed E-state index contributed by atoms with van der Waals surface area (Å²) in [6.45, 7) is 7.02. The van der Waals surface area contributed by atoms with Gasteiger partial charge in [-0.05, 0) is 31.0 Å². The molecule has 6 heteroatoms. The standard InChI is InChI=1S/C18H27N3O3/c1-3-5-16(18(23)24)19-13-17(22)21-10-8-20(9-11-21)15-7-4-6-14(2)12-15/h4,6-7,12,16,19H,3,5,8-11,13H2,1-2H3,(H,23,24). The van der Waals surface area contributed by atoms with E-state index >= 15 is 0 Å². The second-order valence-corrected chi connectivity index (χ2v) is 6.27. The highest BCUT2D eigenvalue weighted by atomic mass is 16.4. The molecule has 1 aromatic carbocycles. The van der Waals surface area contributed by atoms with Crippen LogP contribution in [0.2, 0.25) is 0 Å². The maximum atomic E-state index is 12.3. The molecule has 0 spiro atoms. The molecule has 1 aliphatic rings. The monoisotopic (exact) mass is 333 g/mol. The number of nitrogens with zero attached hydrogens (tertiary/aromatic N) is 2. The van der Waals surface area contributed by atoms with Crippen LogP contribution in [0.4, 0.5) is 5.69 Å². The van der Waals surface area contributed by atoms with Gasteiger partial charge in [-0.15, -0.1) is 0 Å². The summed E-state index contributed by atoms with van der Waals surface area (Å²) in [5, 5.41) is 12.0. The molecular weight excluding hydrogens is 306 g/mol. The summed E-state index contributed by atoms with van der Waals surface area (Å²) in [6.07, 6.45) is 1.30. The van der Waals surface area contributed by atoms with Crippen molar-refractivity contribution in [2.75, 3.05) is 37.6 Å². The van der Waals surface area contributed by atoms with Crippen LogP contribution < -0.4 is 10.2 Å². The number of aliphatic carboxylic acids is 1. The lowest BCUT2D eigenvalue weighted by Gasteiger charge is -2.36. The first-order chi connectivity index (χ1) is 11.5. The third-order valence-corrected chi connectivity index (χ3v) is 4.37. The molecule has 0 aliphatic carbocycles. The Kier molecular flexibility index (Phi) is 6.61. The van der Waals surface area contributed by atoms with Crippen molar-refractivity contribution in [3.05, 3.63) is 29.8 Å². The topological polar surface area (TPSA) is 72.9 Å². The highest BCUT2D eigenvalue weighted by Gasteiger charge is 2.23. The fourth-order valence-corrected chi connectivity index (χ4v) is 2.96. The van der Waals surface area contributed by atoms with Crippen molar-refractivity contribution in [2.45, 2.75) is 32.7 Å². The number of aryl methyl sites for hydroxylation is 1. The van der Waals surface area contributed by atoms with Gasteiger partial charge in [-0.25, -0.2) is 0 Å². The van der Waals surface area contributed by atoms with E-state index in [2.05, 4.69) is 35.3 Å². The van der Waals surface area contributed by atoms with E-state index in [-0.39, 0.29) is 12.5 Å². The maximum Gasteiger partial charge on any atom is 0.320 e. The summed E-state index contributed by atoms with van der Waals surface area (Å²) in [7, 11) is 0. The van der Waals surface area contributed by atoms with Crippen LogP contribution in [0.15, 0.2) is 24.3 Å². The number of piperazine rings is 1. The number of hydrogen-bond acceptors (Lipinski definition) is 4. The minimum Gasteiger partial charge on any atom is -0.480 e. The van der Waals surface area contributed by atoms with Gasteiger partial charge in [0.1, 0.15) is 6.04 Å². The first kappa shape index (κ1) is 18.3. The number of carboxylic acid groups (broad SMARTS) is 1. The van der Waals surface area contributed by atoms with Gasteiger partial charge in [-0.2, -0.15) is 0 Å². The van der Waals surface area contributed by atoms with Gasteiger partial charge >= 0.3 is 5.97 Å². The normalized spacial score (nSPS) is 16.1. The van der Waals surface area contributed by atoms with Crippen molar-refractivity contribution < 1.29 is 14.7 Å². The predicted octanol–water partition coefficient (Wildman–Crippen LogP) is 1.49. The average Bonchev–Trinajstić information content (AvgIpc) is 2.58. The third kappa shape index (κ3) is 4.96. The molecule has 1 atom stereocenters. The Morgan fingerprint density at radius 1 is 1.25 bits per heavy atom. The fraction of sp³-hybridized carbons (Fsp3) is 0.556. The molecule has 1 amide bonds. The van der Waals surface area contributed by atoms with Gasteiger partial charge in [-0.3, -0.25) is 14.9 Å². The van der Waals surface area contributed by atoms with Crippen LogP contribution in [-0.2, 0) is 9.59 Å². The molecule has 1 heterocycles. The minimum atomic E-state index is -0.895. The number of amides is 1. The zero-order chi connectivity index (χ0) is 17.5. The zero-order valence-corrected chi connectivity index (χ0v) is 14.5. The summed E-state index contributed by atoms with van der Waals surface area (Å²) in [5.41, 5.74) is 2.42. The molecule has 0 aromatic heterocycles. The Hall–Kier alpha value is -2.08. The number of hydrogen-bond donors (Lipinski definition) is 2. The Balaban J connectivity index is 1.81. The molecule has 24 heavy (non-hydrogen) atoms. The lowest BCUT2D eigenvalue weighted by atomic mass is 10.1. The van der Waals surface area contributed by atoms with Gasteiger partial charge in [0.15, 0.2) is 0 Å². The molecule has 6 nitrogen and oxygen atoms in total. The summed E-state index contributed by atoms with van der Waals surface area (Å²) in [5.74, 6) is -0.921. The van der Waals surface area contributed by atoms with E-state index in [1.165, 1.54) is 11.3 Å². The molecule has 2 N–H and O–H groups in total. The maximum absolute atomic E-state index is 12.3. The van der Waals surface area contributed by atoms with E-state index in [9.17, 15) is 9.59 Å². The van der Waals surface area contributed by atoms with Crippen LogP contribution in [0.5, 0.6) is 0 Å². The summed E-state index contributed by atoms with van der Waals surface area (Å²) < 4.78 is 0. The molecule has 1 aromatic rings. The number of carbonyl (C=O) groups is 2. The molecule has 0 bridgehead atoms. The Morgan fingerprint density at radius 3 is 2.54 bits per heavy atom. The highest BCUT2D eigenvalue weighted by Crippen LogP contribution is 2.17. The Bertz CT molecular complexity index is 568. The van der Waals surface area contributed by atoms with Crippen molar-refractivity contribution in [3.8, 4) is 0 Å². The predicted molar refractivity (Wildman–Crippen MR) is 94.3 cm³/mol. The largest absolute Gasteiger partial charge is 0.480 e. The van der Waals surface area contributed by atoms with E-state index in [0.29, 0.717) is 19.5 Å². The van der Waals surface area contributed by atoms with E-state index in [4.69, 9.17) is 5.11 Å². The average molecular weight is 333 g/mol. The lowest BCUT2D eigenvalue weighted by molar-refractivity contribution is -0.140. The van der Waals surface area contributed by atoms with Crippen LogP contribution in [0.25, 0.3) is 0 Å². The number of nitrogens with one attached hydrogen (secondary N) is 1. The summed E-state index contributed by atoms with van der Waals surface area (Å²) in [4.78, 5) is 27.5. The van der Waals surface area contributed by atoms with Crippen LogP contribution in [0.3, 0.4) is 0 Å². The second-order valence-electron chi connectivity index (χ2n) is 6.27. The summed E-state index contributed by atoms with van der Waals surface area (Å²) in [6, 6.07) is 7.72. The van der Waals surface area contributed by atoms with Gasteiger partial charge in [0.2, 0.25) is 5.91 Å². The number of benzene rings is 1. The van der Waals surface area contributed by atoms with Crippen LogP contribution in [0, 0.1) is 6.92 Å². The van der Waals surface area contributed by atoms with Crippen molar-refractivity contribution in [2.24, 2.45) is 0 Å². The third-order valence-electron chi connectivity index (χ3n) is 4.37. The Labute approximate surface area is 143 Å². The molecule has 2 rings (SSSR count). The van der Waals surface area contributed by atoms with Crippen molar-refractivity contribution in [1.29, 1.82) is 0 Å². The van der Waals surface area contributed by atoms with Crippen LogP contribution in [-0.4, -0.2) is 60.6 Å². The smallest absolute Gasteiger partial charge is 0.320 e. The highest BCUT2D eigenvalue weighted by molar-refractivity contribution is 5.80. The van der Waals surface area contributed by atoms with Gasteiger partial charge in [0.05, 0.1) is 6.54 Å². The molecule has 0 radical (unpaired) electrons. The number of anilines is 1. The first-order valence-electron chi connectivity index (χ1n) is 8.57. The van der Waals surface area contributed by atoms with Gasteiger partial charge in [0, 0.05) is 31.9 Å². The van der Waals surface area contributed by atoms with Crippen LogP contribution >= 0.6 is 0 Å². The first-order valence-corrected chi connectivity index (χ1v) is 8.57. The van der Waals surface area contributed by atoms with Gasteiger partial charge in [-0.1, -0.05) is 25.5 Å². The molecule has 132 valence electrons. The second kappa shape index (κ2) is 8.68. The summed E-state index contributed by atoms with van der Waals surface area (Å²) >= 11 is 0. The van der Waals surface area contributed by atoms with Crippen molar-refractivity contribution in [1.82, 2.24) is 10.2 Å². The lowest BCUT2D eigenvalue weighted by Crippen LogP contribution is -2.52. The molecule has 1 unspecified atom stereocenters. The molecule has 0 saturated carbocycles. The van der Waals surface area contributed by atoms with E-state index < -0.39 is 12.0 Å². The van der Waals surface area contributed by atoms with E-state index in [1.54, 1.807) is 0 Å².